The van der Waals surface area contributed by atoms with Crippen LogP contribution in [0.25, 0.3) is 83.1 Å². The summed E-state index contributed by atoms with van der Waals surface area (Å²) in [5.41, 5.74) is 17.6. The van der Waals surface area contributed by atoms with Crippen LogP contribution in [0, 0.1) is 0 Å². The maximum absolute atomic E-state index is 2.48. The fraction of sp³-hybridized carbons (Fsp3) is 0. The van der Waals surface area contributed by atoms with E-state index < -0.39 is 0 Å². The third kappa shape index (κ3) is 6.74. The monoisotopic (exact) mass is 790 g/mol. The number of para-hydroxylation sites is 1. The Bertz CT molecular complexity index is 3200. The summed E-state index contributed by atoms with van der Waals surface area (Å²) in [5.74, 6) is 0. The molecule has 2 heteroatoms. The van der Waals surface area contributed by atoms with Crippen molar-refractivity contribution in [3.63, 3.8) is 0 Å². The number of nitrogens with zero attached hydrogens (tertiary/aromatic N) is 2. The van der Waals surface area contributed by atoms with Crippen molar-refractivity contribution in [2.24, 2.45) is 0 Å². The second kappa shape index (κ2) is 16.1. The Morgan fingerprint density at radius 2 is 0.645 bits per heavy atom. The fourth-order valence-corrected chi connectivity index (χ4v) is 9.09. The first-order valence-corrected chi connectivity index (χ1v) is 21.3. The molecule has 0 atom stereocenters. The van der Waals surface area contributed by atoms with Crippen molar-refractivity contribution in [1.29, 1.82) is 0 Å². The molecule has 62 heavy (non-hydrogen) atoms. The van der Waals surface area contributed by atoms with E-state index in [-0.39, 0.29) is 0 Å². The summed E-state index contributed by atoms with van der Waals surface area (Å²) in [6, 6.07) is 91.9. The molecule has 292 valence electrons. The van der Waals surface area contributed by atoms with Crippen LogP contribution in [0.2, 0.25) is 0 Å². The Hall–Kier alpha value is -8.20. The van der Waals surface area contributed by atoms with Gasteiger partial charge in [0.25, 0.3) is 0 Å². The molecule has 0 N–H and O–H groups in total. The molecule has 0 aliphatic heterocycles. The number of fused-ring (bicyclic) bond motifs is 2. The van der Waals surface area contributed by atoms with Crippen molar-refractivity contribution in [2.45, 2.75) is 0 Å². The molecule has 0 unspecified atom stereocenters. The average molecular weight is 791 g/mol. The maximum Gasteiger partial charge on any atom is 0.0619 e. The van der Waals surface area contributed by atoms with Crippen LogP contribution in [0.4, 0.5) is 17.1 Å². The van der Waals surface area contributed by atoms with Gasteiger partial charge in [-0.3, -0.25) is 0 Å². The number of hydrogen-bond acceptors (Lipinski definition) is 1. The molecule has 0 radical (unpaired) electrons. The van der Waals surface area contributed by atoms with Crippen LogP contribution >= 0.6 is 0 Å². The number of hydrogen-bond donors (Lipinski definition) is 0. The van der Waals surface area contributed by atoms with Gasteiger partial charge in [0.15, 0.2) is 0 Å². The van der Waals surface area contributed by atoms with Gasteiger partial charge in [0.05, 0.1) is 16.9 Å². The third-order valence-electron chi connectivity index (χ3n) is 12.0. The summed E-state index contributed by atoms with van der Waals surface area (Å²) in [5, 5.41) is 3.64. The van der Waals surface area contributed by atoms with E-state index in [0.29, 0.717) is 0 Å². The minimum Gasteiger partial charge on any atom is -0.311 e. The van der Waals surface area contributed by atoms with Gasteiger partial charge in [-0.1, -0.05) is 206 Å². The smallest absolute Gasteiger partial charge is 0.0619 e. The van der Waals surface area contributed by atoms with Gasteiger partial charge in [-0.2, -0.15) is 0 Å². The molecule has 10 aromatic carbocycles. The van der Waals surface area contributed by atoms with E-state index in [4.69, 9.17) is 0 Å². The van der Waals surface area contributed by atoms with E-state index in [1.807, 2.05) is 0 Å². The van der Waals surface area contributed by atoms with E-state index >= 15 is 0 Å². The van der Waals surface area contributed by atoms with Gasteiger partial charge in [-0.15, -0.1) is 0 Å². The van der Waals surface area contributed by atoms with Gasteiger partial charge in [0.1, 0.15) is 0 Å². The molecule has 0 amide bonds. The topological polar surface area (TPSA) is 8.17 Å². The molecule has 0 aliphatic rings. The highest BCUT2D eigenvalue weighted by Gasteiger charge is 2.23. The zero-order valence-corrected chi connectivity index (χ0v) is 34.1. The molecule has 1 aromatic heterocycles. The van der Waals surface area contributed by atoms with Crippen LogP contribution in [0.5, 0.6) is 0 Å². The summed E-state index contributed by atoms with van der Waals surface area (Å²) in [7, 11) is 0. The largest absolute Gasteiger partial charge is 0.311 e. The van der Waals surface area contributed by atoms with Crippen LogP contribution in [0.15, 0.2) is 255 Å². The van der Waals surface area contributed by atoms with Gasteiger partial charge < -0.3 is 9.47 Å². The van der Waals surface area contributed by atoms with Crippen molar-refractivity contribution < 1.29 is 0 Å². The molecule has 0 fully saturated rings. The van der Waals surface area contributed by atoms with E-state index in [1.165, 1.54) is 77.4 Å². The summed E-state index contributed by atoms with van der Waals surface area (Å²) < 4.78 is 2.48. The second-order valence-electron chi connectivity index (χ2n) is 15.7. The lowest BCUT2D eigenvalue weighted by Gasteiger charge is -2.26. The first-order chi connectivity index (χ1) is 30.8. The Kier molecular flexibility index (Phi) is 9.57. The van der Waals surface area contributed by atoms with Crippen LogP contribution < -0.4 is 4.90 Å². The van der Waals surface area contributed by atoms with Crippen molar-refractivity contribution >= 4 is 38.7 Å². The molecule has 0 spiro atoms. The molecule has 0 saturated heterocycles. The van der Waals surface area contributed by atoms with Gasteiger partial charge >= 0.3 is 0 Å². The predicted molar refractivity (Wildman–Crippen MR) is 263 cm³/mol. The van der Waals surface area contributed by atoms with E-state index in [1.54, 1.807) is 0 Å². The Morgan fingerprint density at radius 1 is 0.258 bits per heavy atom. The summed E-state index contributed by atoms with van der Waals surface area (Å²) in [6.45, 7) is 0. The average Bonchev–Trinajstić information content (AvgIpc) is 3.70. The highest BCUT2D eigenvalue weighted by Crippen LogP contribution is 2.45. The quantitative estimate of drug-likeness (QED) is 0.141. The SMILES string of the molecule is c1ccc(-c2ccc(N(c3ccc(-c4ccccc4)cc3)c3ccc(-c4ccc(-n5c(-c6ccccc6)c(-c6ccccc6)c6ccccc65)c5ccccc45)cc3)cc2)cc1. The van der Waals surface area contributed by atoms with Crippen LogP contribution in [0.3, 0.4) is 0 Å². The van der Waals surface area contributed by atoms with E-state index in [9.17, 15) is 0 Å². The highest BCUT2D eigenvalue weighted by atomic mass is 15.1. The van der Waals surface area contributed by atoms with Gasteiger partial charge in [-0.05, 0) is 98.4 Å². The standard InChI is InChI=1S/C60H42N2/c1-5-17-43(18-6-1)45-29-35-50(36-30-45)61(51-37-31-46(32-38-51)44-19-7-2-8-20-44)52-39-33-47(34-40-52)53-41-42-58(55-26-14-13-25-54(53)55)62-57-28-16-15-27-56(57)59(48-21-9-3-10-22-48)60(62)49-23-11-4-12-24-49/h1-42H. The van der Waals surface area contributed by atoms with Gasteiger partial charge in [0.2, 0.25) is 0 Å². The second-order valence-corrected chi connectivity index (χ2v) is 15.7. The van der Waals surface area contributed by atoms with E-state index in [2.05, 4.69) is 264 Å². The van der Waals surface area contributed by atoms with Crippen LogP contribution in [-0.4, -0.2) is 4.57 Å². The zero-order chi connectivity index (χ0) is 41.2. The first-order valence-electron chi connectivity index (χ1n) is 21.3. The van der Waals surface area contributed by atoms with E-state index in [0.717, 1.165) is 22.7 Å². The molecular weight excluding hydrogens is 749 g/mol. The molecule has 2 nitrogen and oxygen atoms in total. The maximum atomic E-state index is 2.48. The Morgan fingerprint density at radius 3 is 1.16 bits per heavy atom. The first kappa shape index (κ1) is 36.8. The molecule has 0 saturated carbocycles. The fourth-order valence-electron chi connectivity index (χ4n) is 9.09. The number of benzene rings is 10. The minimum absolute atomic E-state index is 1.09. The molecule has 0 bridgehead atoms. The van der Waals surface area contributed by atoms with Crippen molar-refractivity contribution in [3.05, 3.63) is 255 Å². The Labute approximate surface area is 362 Å². The number of rotatable bonds is 9. The normalized spacial score (nSPS) is 11.2. The zero-order valence-electron chi connectivity index (χ0n) is 34.1. The van der Waals surface area contributed by atoms with Gasteiger partial charge in [-0.25, -0.2) is 0 Å². The molecule has 11 rings (SSSR count). The van der Waals surface area contributed by atoms with Crippen molar-refractivity contribution in [2.75, 3.05) is 4.90 Å². The number of aromatic nitrogens is 1. The highest BCUT2D eigenvalue weighted by molar-refractivity contribution is 6.09. The van der Waals surface area contributed by atoms with Crippen molar-refractivity contribution in [1.82, 2.24) is 4.57 Å². The summed E-state index contributed by atoms with van der Waals surface area (Å²) in [4.78, 5) is 2.35. The molecular formula is C60H42N2. The van der Waals surface area contributed by atoms with Crippen LogP contribution in [0.1, 0.15) is 0 Å². The lowest BCUT2D eigenvalue weighted by Crippen LogP contribution is -2.09. The lowest BCUT2D eigenvalue weighted by atomic mass is 9.96. The number of anilines is 3. The summed E-state index contributed by atoms with van der Waals surface area (Å²) in [6.07, 6.45) is 0. The molecule has 1 heterocycles. The molecule has 11 aromatic rings. The van der Waals surface area contributed by atoms with Crippen molar-refractivity contribution in [3.8, 4) is 61.5 Å². The predicted octanol–water partition coefficient (Wildman–Crippen LogP) is 16.6. The Balaban J connectivity index is 1.02. The minimum atomic E-state index is 1.09. The summed E-state index contributed by atoms with van der Waals surface area (Å²) >= 11 is 0. The lowest BCUT2D eigenvalue weighted by molar-refractivity contribution is 1.15. The molecule has 0 aliphatic carbocycles. The van der Waals surface area contributed by atoms with Crippen LogP contribution in [-0.2, 0) is 0 Å². The third-order valence-corrected chi connectivity index (χ3v) is 12.0. The van der Waals surface area contributed by atoms with Gasteiger partial charge in [0, 0.05) is 33.4 Å².